The fourth-order valence-corrected chi connectivity index (χ4v) is 1.97. The molecule has 3 nitrogen and oxygen atoms in total. The standard InChI is InChI=1S/C9H15NO2/c1-2-8(11)10-9(12-10)6-4-3-5-7-9/h2-7H2,1H3. The number of nitrogens with zero attached hydrogens (tertiary/aromatic N) is 1. The fraction of sp³-hybridized carbons (Fsp3) is 0.889. The van der Waals surface area contributed by atoms with E-state index in [1.54, 1.807) is 5.06 Å². The maximum Gasteiger partial charge on any atom is 0.248 e. The van der Waals surface area contributed by atoms with Crippen LogP contribution >= 0.6 is 0 Å². The SMILES string of the molecule is CCC(=O)N1OC12CCCCC2. The normalized spacial score (nSPS) is 25.9. The molecule has 1 spiro atoms. The highest BCUT2D eigenvalue weighted by molar-refractivity contribution is 5.77. The van der Waals surface area contributed by atoms with Crippen LogP contribution in [0.15, 0.2) is 0 Å². The molecule has 2 aliphatic rings. The van der Waals surface area contributed by atoms with Gasteiger partial charge < -0.3 is 0 Å². The summed E-state index contributed by atoms with van der Waals surface area (Å²) in [5.41, 5.74) is -0.147. The zero-order chi connectivity index (χ0) is 8.60. The van der Waals surface area contributed by atoms with E-state index >= 15 is 0 Å². The fourth-order valence-electron chi connectivity index (χ4n) is 1.97. The van der Waals surface area contributed by atoms with Gasteiger partial charge in [-0.15, -0.1) is 0 Å². The van der Waals surface area contributed by atoms with Crippen LogP contribution in [0.5, 0.6) is 0 Å². The molecular weight excluding hydrogens is 154 g/mol. The average Bonchev–Trinajstić information content (AvgIpc) is 2.80. The zero-order valence-electron chi connectivity index (χ0n) is 7.51. The molecule has 68 valence electrons. The lowest BCUT2D eigenvalue weighted by Crippen LogP contribution is -2.25. The summed E-state index contributed by atoms with van der Waals surface area (Å²) in [5.74, 6) is 0.136. The minimum Gasteiger partial charge on any atom is -0.272 e. The van der Waals surface area contributed by atoms with Crippen molar-refractivity contribution in [1.82, 2.24) is 5.06 Å². The summed E-state index contributed by atoms with van der Waals surface area (Å²) in [6.45, 7) is 1.88. The van der Waals surface area contributed by atoms with E-state index in [1.165, 1.54) is 19.3 Å². The van der Waals surface area contributed by atoms with Crippen LogP contribution in [-0.2, 0) is 9.63 Å². The third-order valence-corrected chi connectivity index (χ3v) is 2.76. The summed E-state index contributed by atoms with van der Waals surface area (Å²) in [6.07, 6.45) is 6.33. The zero-order valence-corrected chi connectivity index (χ0v) is 7.51. The molecule has 0 N–H and O–H groups in total. The van der Waals surface area contributed by atoms with Gasteiger partial charge in [-0.2, -0.15) is 5.06 Å². The number of amides is 1. The van der Waals surface area contributed by atoms with Crippen molar-refractivity contribution >= 4 is 5.91 Å². The summed E-state index contributed by atoms with van der Waals surface area (Å²) in [7, 11) is 0. The van der Waals surface area contributed by atoms with Gasteiger partial charge in [-0.3, -0.25) is 4.79 Å². The number of carbonyl (C=O) groups excluding carboxylic acids is 1. The monoisotopic (exact) mass is 169 g/mol. The first-order chi connectivity index (χ1) is 5.78. The summed E-state index contributed by atoms with van der Waals surface area (Å²) < 4.78 is 0. The number of hydroxylamine groups is 2. The largest absolute Gasteiger partial charge is 0.272 e. The van der Waals surface area contributed by atoms with Gasteiger partial charge in [0.1, 0.15) is 0 Å². The number of rotatable bonds is 1. The molecule has 1 saturated heterocycles. The Bertz CT molecular complexity index is 197. The Hall–Kier alpha value is -0.570. The van der Waals surface area contributed by atoms with Crippen molar-refractivity contribution in [1.29, 1.82) is 0 Å². The van der Waals surface area contributed by atoms with E-state index in [1.807, 2.05) is 6.92 Å². The molecule has 1 aliphatic heterocycles. The molecule has 1 aliphatic carbocycles. The maximum atomic E-state index is 11.2. The van der Waals surface area contributed by atoms with E-state index in [2.05, 4.69) is 0 Å². The molecule has 1 saturated carbocycles. The van der Waals surface area contributed by atoms with E-state index in [-0.39, 0.29) is 11.6 Å². The first-order valence-corrected chi connectivity index (χ1v) is 4.81. The van der Waals surface area contributed by atoms with Crippen LogP contribution in [0.2, 0.25) is 0 Å². The quantitative estimate of drug-likeness (QED) is 0.561. The van der Waals surface area contributed by atoms with Gasteiger partial charge in [-0.25, -0.2) is 4.84 Å². The second kappa shape index (κ2) is 2.73. The lowest BCUT2D eigenvalue weighted by atomic mass is 9.93. The second-order valence-electron chi connectivity index (χ2n) is 3.64. The van der Waals surface area contributed by atoms with Crippen molar-refractivity contribution in [3.63, 3.8) is 0 Å². The number of hydrogen-bond donors (Lipinski definition) is 0. The van der Waals surface area contributed by atoms with Gasteiger partial charge in [0.15, 0.2) is 5.72 Å². The lowest BCUT2D eigenvalue weighted by Gasteiger charge is -2.16. The van der Waals surface area contributed by atoms with Gasteiger partial charge in [0.25, 0.3) is 0 Å². The van der Waals surface area contributed by atoms with Crippen molar-refractivity contribution in [2.45, 2.75) is 51.2 Å². The number of carbonyl (C=O) groups is 1. The second-order valence-corrected chi connectivity index (χ2v) is 3.64. The Balaban J connectivity index is 1.95. The van der Waals surface area contributed by atoms with Crippen LogP contribution in [0.1, 0.15) is 45.4 Å². The van der Waals surface area contributed by atoms with Crippen molar-refractivity contribution in [2.75, 3.05) is 0 Å². The Labute approximate surface area is 72.6 Å². The highest BCUT2D eigenvalue weighted by Gasteiger charge is 2.57. The van der Waals surface area contributed by atoms with Gasteiger partial charge >= 0.3 is 0 Å². The topological polar surface area (TPSA) is 32.6 Å². The molecule has 0 aromatic heterocycles. The Morgan fingerprint density at radius 2 is 2.08 bits per heavy atom. The van der Waals surface area contributed by atoms with E-state index in [0.717, 1.165) is 12.8 Å². The van der Waals surface area contributed by atoms with Crippen LogP contribution in [0.25, 0.3) is 0 Å². The molecule has 2 rings (SSSR count). The summed E-state index contributed by atoms with van der Waals surface area (Å²) in [4.78, 5) is 16.6. The molecule has 2 fully saturated rings. The van der Waals surface area contributed by atoms with E-state index in [9.17, 15) is 4.79 Å². The predicted octanol–water partition coefficient (Wildman–Crippen LogP) is 1.83. The lowest BCUT2D eigenvalue weighted by molar-refractivity contribution is -0.131. The third-order valence-electron chi connectivity index (χ3n) is 2.76. The Morgan fingerprint density at radius 3 is 2.67 bits per heavy atom. The minimum absolute atomic E-state index is 0.136. The number of hydrogen-bond acceptors (Lipinski definition) is 2. The van der Waals surface area contributed by atoms with E-state index in [0.29, 0.717) is 6.42 Å². The molecule has 3 heteroatoms. The van der Waals surface area contributed by atoms with E-state index in [4.69, 9.17) is 4.84 Å². The molecule has 0 bridgehead atoms. The van der Waals surface area contributed by atoms with Crippen LogP contribution in [-0.4, -0.2) is 16.7 Å². The average molecular weight is 169 g/mol. The minimum atomic E-state index is -0.147. The molecule has 0 radical (unpaired) electrons. The van der Waals surface area contributed by atoms with Crippen LogP contribution in [0, 0.1) is 0 Å². The third kappa shape index (κ3) is 1.12. The Kier molecular flexibility index (Phi) is 1.83. The first-order valence-electron chi connectivity index (χ1n) is 4.81. The summed E-state index contributed by atoms with van der Waals surface area (Å²) in [5, 5.41) is 1.59. The van der Waals surface area contributed by atoms with Crippen molar-refractivity contribution in [3.8, 4) is 0 Å². The molecule has 1 heterocycles. The molecule has 12 heavy (non-hydrogen) atoms. The van der Waals surface area contributed by atoms with E-state index < -0.39 is 0 Å². The molecule has 0 atom stereocenters. The highest BCUT2D eigenvalue weighted by atomic mass is 16.9. The van der Waals surface area contributed by atoms with Gasteiger partial charge in [0.2, 0.25) is 5.91 Å². The van der Waals surface area contributed by atoms with Gasteiger partial charge in [0, 0.05) is 6.42 Å². The van der Waals surface area contributed by atoms with Gasteiger partial charge in [0.05, 0.1) is 0 Å². The van der Waals surface area contributed by atoms with Gasteiger partial charge in [-0.05, 0) is 25.7 Å². The maximum absolute atomic E-state index is 11.2. The van der Waals surface area contributed by atoms with Gasteiger partial charge in [-0.1, -0.05) is 13.3 Å². The Morgan fingerprint density at radius 1 is 1.42 bits per heavy atom. The smallest absolute Gasteiger partial charge is 0.248 e. The molecule has 0 aromatic rings. The molecular formula is C9H15NO2. The first kappa shape index (κ1) is 8.05. The van der Waals surface area contributed by atoms with Crippen LogP contribution < -0.4 is 0 Å². The van der Waals surface area contributed by atoms with Crippen molar-refractivity contribution in [3.05, 3.63) is 0 Å². The van der Waals surface area contributed by atoms with Crippen molar-refractivity contribution in [2.24, 2.45) is 0 Å². The molecule has 0 aromatic carbocycles. The van der Waals surface area contributed by atoms with Crippen molar-refractivity contribution < 1.29 is 9.63 Å². The predicted molar refractivity (Wildman–Crippen MR) is 44.0 cm³/mol. The summed E-state index contributed by atoms with van der Waals surface area (Å²) in [6, 6.07) is 0. The molecule has 0 unspecified atom stereocenters. The highest BCUT2D eigenvalue weighted by Crippen LogP contribution is 2.46. The molecule has 1 amide bonds. The van der Waals surface area contributed by atoms with Crippen LogP contribution in [0.4, 0.5) is 0 Å². The van der Waals surface area contributed by atoms with Crippen LogP contribution in [0.3, 0.4) is 0 Å². The summed E-state index contributed by atoms with van der Waals surface area (Å²) >= 11 is 0.